The molecule has 1 aliphatic carbocycles. The third-order valence-electron chi connectivity index (χ3n) is 10.1. The first-order valence-electron chi connectivity index (χ1n) is 17.2. The van der Waals surface area contributed by atoms with E-state index in [9.17, 15) is 0 Å². The summed E-state index contributed by atoms with van der Waals surface area (Å²) in [6.07, 6.45) is 8.38. The van der Waals surface area contributed by atoms with Gasteiger partial charge in [-0.05, 0) is 77.6 Å². The zero-order chi connectivity index (χ0) is 33.0. The number of fused-ring (bicyclic) bond motifs is 6. The molecule has 10 rings (SSSR count). The summed E-state index contributed by atoms with van der Waals surface area (Å²) in [5.74, 6) is 0.703. The third kappa shape index (κ3) is 4.61. The molecular formula is C46H32N4. The van der Waals surface area contributed by atoms with Crippen LogP contribution in [0.2, 0.25) is 0 Å². The first-order chi connectivity index (χ1) is 24.8. The molecule has 0 saturated carbocycles. The Morgan fingerprint density at radius 1 is 0.480 bits per heavy atom. The van der Waals surface area contributed by atoms with Crippen molar-refractivity contribution < 1.29 is 0 Å². The van der Waals surface area contributed by atoms with Gasteiger partial charge in [-0.15, -0.1) is 0 Å². The molecule has 0 amide bonds. The van der Waals surface area contributed by atoms with Crippen LogP contribution in [0.5, 0.6) is 0 Å². The van der Waals surface area contributed by atoms with Crippen LogP contribution < -0.4 is 0 Å². The van der Waals surface area contributed by atoms with Crippen LogP contribution in [0.1, 0.15) is 17.7 Å². The van der Waals surface area contributed by atoms with E-state index in [1.807, 2.05) is 18.3 Å². The minimum Gasteiger partial charge on any atom is -0.309 e. The van der Waals surface area contributed by atoms with E-state index in [1.165, 1.54) is 66.4 Å². The lowest BCUT2D eigenvalue weighted by atomic mass is 9.99. The van der Waals surface area contributed by atoms with E-state index in [4.69, 9.17) is 9.97 Å². The van der Waals surface area contributed by atoms with Gasteiger partial charge in [-0.25, -0.2) is 9.97 Å². The van der Waals surface area contributed by atoms with Crippen molar-refractivity contribution in [3.63, 3.8) is 0 Å². The van der Waals surface area contributed by atoms with Gasteiger partial charge in [0.05, 0.1) is 22.2 Å². The molecule has 0 atom stereocenters. The van der Waals surface area contributed by atoms with Crippen LogP contribution in [0.3, 0.4) is 0 Å². The van der Waals surface area contributed by atoms with Crippen molar-refractivity contribution >= 4 is 38.8 Å². The molecule has 0 unspecified atom stereocenters. The molecule has 0 saturated heterocycles. The predicted molar refractivity (Wildman–Crippen MR) is 207 cm³/mol. The number of hydrogen-bond acceptors (Lipinski definition) is 2. The second-order valence-electron chi connectivity index (χ2n) is 13.0. The van der Waals surface area contributed by atoms with Crippen molar-refractivity contribution in [3.8, 4) is 45.1 Å². The molecule has 4 heteroatoms. The highest BCUT2D eigenvalue weighted by molar-refractivity contribution is 6.10. The van der Waals surface area contributed by atoms with E-state index in [-0.39, 0.29) is 0 Å². The Balaban J connectivity index is 1.10. The minimum absolute atomic E-state index is 0.703. The van der Waals surface area contributed by atoms with Gasteiger partial charge in [-0.2, -0.15) is 0 Å². The summed E-state index contributed by atoms with van der Waals surface area (Å²) in [6.45, 7) is 0. The lowest BCUT2D eigenvalue weighted by Gasteiger charge is -2.13. The van der Waals surface area contributed by atoms with Crippen molar-refractivity contribution in [2.24, 2.45) is 0 Å². The summed E-state index contributed by atoms with van der Waals surface area (Å²) in [4.78, 5) is 10.0. The van der Waals surface area contributed by atoms with Crippen molar-refractivity contribution in [3.05, 3.63) is 175 Å². The summed E-state index contributed by atoms with van der Waals surface area (Å²) in [5.41, 5.74) is 14.0. The number of aromatic nitrogens is 4. The largest absolute Gasteiger partial charge is 0.309 e. The van der Waals surface area contributed by atoms with Gasteiger partial charge in [0.1, 0.15) is 0 Å². The van der Waals surface area contributed by atoms with Gasteiger partial charge in [-0.1, -0.05) is 121 Å². The SMILES string of the molecule is C1=Cc2c(n(-c3nccc(-c4ccc(-c5ccccc5)cc4)n3)c3cc(-c4ccc5c(c4)c4ccccc4n5-c4ccccc4)ccc23)CC1. The van der Waals surface area contributed by atoms with Crippen LogP contribution in [-0.4, -0.2) is 19.1 Å². The van der Waals surface area contributed by atoms with Gasteiger partial charge < -0.3 is 4.57 Å². The molecular weight excluding hydrogens is 609 g/mol. The van der Waals surface area contributed by atoms with Crippen molar-refractivity contribution in [1.82, 2.24) is 19.1 Å². The topological polar surface area (TPSA) is 35.6 Å². The summed E-state index contributed by atoms with van der Waals surface area (Å²) in [5, 5.41) is 3.72. The number of para-hydroxylation sites is 2. The molecule has 50 heavy (non-hydrogen) atoms. The van der Waals surface area contributed by atoms with Gasteiger partial charge in [0, 0.05) is 44.9 Å². The Morgan fingerprint density at radius 3 is 2.02 bits per heavy atom. The molecule has 1 aliphatic rings. The second kappa shape index (κ2) is 11.6. The average Bonchev–Trinajstić information content (AvgIpc) is 3.71. The summed E-state index contributed by atoms with van der Waals surface area (Å²) >= 11 is 0. The molecule has 0 aliphatic heterocycles. The van der Waals surface area contributed by atoms with Crippen molar-refractivity contribution in [2.45, 2.75) is 12.8 Å². The van der Waals surface area contributed by atoms with Gasteiger partial charge in [0.2, 0.25) is 5.95 Å². The van der Waals surface area contributed by atoms with Crippen molar-refractivity contribution in [1.29, 1.82) is 0 Å². The number of hydrogen-bond donors (Lipinski definition) is 0. The lowest BCUT2D eigenvalue weighted by molar-refractivity contribution is 0.847. The number of nitrogens with zero attached hydrogens (tertiary/aromatic N) is 4. The van der Waals surface area contributed by atoms with E-state index in [0.29, 0.717) is 5.95 Å². The van der Waals surface area contributed by atoms with E-state index in [0.717, 1.165) is 29.6 Å². The van der Waals surface area contributed by atoms with Gasteiger partial charge in [0.15, 0.2) is 0 Å². The number of rotatable bonds is 5. The van der Waals surface area contributed by atoms with E-state index < -0.39 is 0 Å². The highest BCUT2D eigenvalue weighted by Gasteiger charge is 2.21. The molecule has 9 aromatic rings. The zero-order valence-electron chi connectivity index (χ0n) is 27.4. The summed E-state index contributed by atoms with van der Waals surface area (Å²) in [7, 11) is 0. The van der Waals surface area contributed by atoms with Crippen LogP contribution in [0.15, 0.2) is 164 Å². The fourth-order valence-electron chi connectivity index (χ4n) is 7.72. The standard InChI is InChI=1S/C46H32N4/c1-3-11-31(12-4-1)32-19-21-33(22-20-32)41-27-28-47-46(48-41)50-43-18-10-7-15-37(43)39-25-23-35(30-45(39)50)34-24-26-44-40(29-34)38-16-8-9-17-42(38)49(44)36-13-5-2-6-14-36/h1-9,11-17,19-30H,10,18H2. The van der Waals surface area contributed by atoms with Gasteiger partial charge in [-0.3, -0.25) is 4.57 Å². The maximum atomic E-state index is 5.18. The maximum Gasteiger partial charge on any atom is 0.234 e. The quantitative estimate of drug-likeness (QED) is 0.188. The highest BCUT2D eigenvalue weighted by Crippen LogP contribution is 2.38. The fourth-order valence-corrected chi connectivity index (χ4v) is 7.72. The smallest absolute Gasteiger partial charge is 0.234 e. The molecule has 0 N–H and O–H groups in total. The monoisotopic (exact) mass is 640 g/mol. The van der Waals surface area contributed by atoms with Crippen LogP contribution in [-0.2, 0) is 6.42 Å². The molecule has 3 aromatic heterocycles. The lowest BCUT2D eigenvalue weighted by Crippen LogP contribution is -2.07. The Bertz CT molecular complexity index is 2730. The van der Waals surface area contributed by atoms with Crippen LogP contribution >= 0.6 is 0 Å². The van der Waals surface area contributed by atoms with E-state index in [2.05, 4.69) is 161 Å². The Hall–Kier alpha value is -6.52. The van der Waals surface area contributed by atoms with Crippen molar-refractivity contribution in [2.75, 3.05) is 0 Å². The van der Waals surface area contributed by atoms with E-state index in [1.54, 1.807) is 0 Å². The fraction of sp³-hybridized carbons (Fsp3) is 0.0435. The molecule has 236 valence electrons. The third-order valence-corrected chi connectivity index (χ3v) is 10.1. The average molecular weight is 641 g/mol. The van der Waals surface area contributed by atoms with Gasteiger partial charge in [0.25, 0.3) is 0 Å². The normalized spacial score (nSPS) is 12.6. The molecule has 6 aromatic carbocycles. The van der Waals surface area contributed by atoms with Crippen LogP contribution in [0.4, 0.5) is 0 Å². The number of allylic oxidation sites excluding steroid dienone is 1. The molecule has 0 bridgehead atoms. The maximum absolute atomic E-state index is 5.18. The molecule has 4 nitrogen and oxygen atoms in total. The van der Waals surface area contributed by atoms with E-state index >= 15 is 0 Å². The first-order valence-corrected chi connectivity index (χ1v) is 17.2. The second-order valence-corrected chi connectivity index (χ2v) is 13.0. The predicted octanol–water partition coefficient (Wildman–Crippen LogP) is 11.5. The summed E-state index contributed by atoms with van der Waals surface area (Å²) < 4.78 is 4.65. The Labute approximate surface area is 290 Å². The molecule has 0 spiro atoms. The Kier molecular flexibility index (Phi) is 6.59. The number of benzene rings is 6. The Morgan fingerprint density at radius 2 is 1.16 bits per heavy atom. The summed E-state index contributed by atoms with van der Waals surface area (Å²) in [6, 6.07) is 54.2. The minimum atomic E-state index is 0.703. The molecule has 0 radical (unpaired) electrons. The van der Waals surface area contributed by atoms with Crippen LogP contribution in [0, 0.1) is 0 Å². The van der Waals surface area contributed by atoms with Crippen LogP contribution in [0.25, 0.3) is 83.9 Å². The highest BCUT2D eigenvalue weighted by atomic mass is 15.2. The first kappa shape index (κ1) is 28.5. The van der Waals surface area contributed by atoms with Gasteiger partial charge >= 0.3 is 0 Å². The zero-order valence-corrected chi connectivity index (χ0v) is 27.4. The molecule has 3 heterocycles. The molecule has 0 fully saturated rings.